The molecule has 1 aromatic rings. The highest BCUT2D eigenvalue weighted by Crippen LogP contribution is 2.27. The van der Waals surface area contributed by atoms with Crippen LogP contribution in [0.3, 0.4) is 0 Å². The SMILES string of the molecule is CCN(C(=O)Cc1ccc(C#N)cc1)C1CC1. The standard InChI is InChI=1S/C14H16N2O/c1-2-16(13-7-8-13)14(17)9-11-3-5-12(10-15)6-4-11/h3-6,13H,2,7-9H2,1H3. The largest absolute Gasteiger partial charge is 0.340 e. The highest BCUT2D eigenvalue weighted by Gasteiger charge is 2.30. The van der Waals surface area contributed by atoms with Crippen LogP contribution in [0.2, 0.25) is 0 Å². The zero-order valence-corrected chi connectivity index (χ0v) is 10.0. The van der Waals surface area contributed by atoms with E-state index in [0.29, 0.717) is 18.0 Å². The summed E-state index contributed by atoms with van der Waals surface area (Å²) >= 11 is 0. The van der Waals surface area contributed by atoms with Crippen molar-refractivity contribution in [2.45, 2.75) is 32.2 Å². The van der Waals surface area contributed by atoms with Crippen molar-refractivity contribution in [2.24, 2.45) is 0 Å². The van der Waals surface area contributed by atoms with E-state index < -0.39 is 0 Å². The fourth-order valence-electron chi connectivity index (χ4n) is 2.00. The lowest BCUT2D eigenvalue weighted by molar-refractivity contribution is -0.130. The molecule has 3 nitrogen and oxygen atoms in total. The summed E-state index contributed by atoms with van der Waals surface area (Å²) in [6.45, 7) is 2.81. The zero-order chi connectivity index (χ0) is 12.3. The number of amides is 1. The predicted molar refractivity (Wildman–Crippen MR) is 65.3 cm³/mol. The maximum Gasteiger partial charge on any atom is 0.227 e. The smallest absolute Gasteiger partial charge is 0.227 e. The maximum atomic E-state index is 12.0. The van der Waals surface area contributed by atoms with Crippen LogP contribution in [0.1, 0.15) is 30.9 Å². The number of benzene rings is 1. The molecule has 1 saturated carbocycles. The Morgan fingerprint density at radius 2 is 2.06 bits per heavy atom. The number of nitrogens with zero attached hydrogens (tertiary/aromatic N) is 2. The molecule has 0 aliphatic heterocycles. The Hall–Kier alpha value is -1.82. The van der Waals surface area contributed by atoms with Crippen molar-refractivity contribution in [1.82, 2.24) is 4.90 Å². The highest BCUT2D eigenvalue weighted by molar-refractivity contribution is 5.79. The lowest BCUT2D eigenvalue weighted by Crippen LogP contribution is -2.33. The van der Waals surface area contributed by atoms with E-state index in [4.69, 9.17) is 5.26 Å². The summed E-state index contributed by atoms with van der Waals surface area (Å²) in [5.74, 6) is 0.194. The van der Waals surface area contributed by atoms with Gasteiger partial charge in [-0.2, -0.15) is 5.26 Å². The second-order valence-corrected chi connectivity index (χ2v) is 4.40. The van der Waals surface area contributed by atoms with E-state index in [1.807, 2.05) is 24.0 Å². The minimum Gasteiger partial charge on any atom is -0.340 e. The van der Waals surface area contributed by atoms with Gasteiger partial charge in [0.05, 0.1) is 18.1 Å². The molecule has 1 aliphatic rings. The lowest BCUT2D eigenvalue weighted by Gasteiger charge is -2.20. The van der Waals surface area contributed by atoms with Gasteiger partial charge in [0.25, 0.3) is 0 Å². The monoisotopic (exact) mass is 228 g/mol. The normalized spacial score (nSPS) is 14.1. The summed E-state index contributed by atoms with van der Waals surface area (Å²) in [5, 5.41) is 8.69. The van der Waals surface area contributed by atoms with Gasteiger partial charge in [-0.25, -0.2) is 0 Å². The van der Waals surface area contributed by atoms with Crippen molar-refractivity contribution in [3.63, 3.8) is 0 Å². The average molecular weight is 228 g/mol. The molecule has 2 rings (SSSR count). The second kappa shape index (κ2) is 5.01. The van der Waals surface area contributed by atoms with E-state index in [-0.39, 0.29) is 5.91 Å². The van der Waals surface area contributed by atoms with Crippen LogP contribution in [0, 0.1) is 11.3 Å². The summed E-state index contributed by atoms with van der Waals surface area (Å²) in [6, 6.07) is 9.79. The minimum atomic E-state index is 0.194. The molecular weight excluding hydrogens is 212 g/mol. The summed E-state index contributed by atoms with van der Waals surface area (Å²) in [6.07, 6.45) is 2.73. The third-order valence-corrected chi connectivity index (χ3v) is 3.09. The van der Waals surface area contributed by atoms with Crippen LogP contribution in [0.25, 0.3) is 0 Å². The molecule has 1 fully saturated rings. The van der Waals surface area contributed by atoms with Gasteiger partial charge >= 0.3 is 0 Å². The molecule has 3 heteroatoms. The molecule has 0 spiro atoms. The van der Waals surface area contributed by atoms with Gasteiger partial charge < -0.3 is 4.90 Å². The van der Waals surface area contributed by atoms with Gasteiger partial charge in [-0.3, -0.25) is 4.79 Å². The van der Waals surface area contributed by atoms with E-state index >= 15 is 0 Å². The van der Waals surface area contributed by atoms with E-state index in [0.717, 1.165) is 24.9 Å². The van der Waals surface area contributed by atoms with Crippen LogP contribution in [0.4, 0.5) is 0 Å². The number of likely N-dealkylation sites (N-methyl/N-ethyl adjacent to an activating group) is 1. The van der Waals surface area contributed by atoms with Crippen LogP contribution in [-0.4, -0.2) is 23.4 Å². The Labute approximate surface area is 102 Å². The summed E-state index contributed by atoms with van der Waals surface area (Å²) in [7, 11) is 0. The van der Waals surface area contributed by atoms with Gasteiger partial charge in [0, 0.05) is 12.6 Å². The molecule has 0 radical (unpaired) electrons. The molecule has 0 atom stereocenters. The quantitative estimate of drug-likeness (QED) is 0.792. The van der Waals surface area contributed by atoms with Gasteiger partial charge in [0.1, 0.15) is 0 Å². The molecule has 17 heavy (non-hydrogen) atoms. The number of carbonyl (C=O) groups is 1. The van der Waals surface area contributed by atoms with Crippen LogP contribution in [0.5, 0.6) is 0 Å². The summed E-state index contributed by atoms with van der Waals surface area (Å²) in [4.78, 5) is 14.0. The van der Waals surface area contributed by atoms with E-state index in [1.54, 1.807) is 12.1 Å². The first-order valence-electron chi connectivity index (χ1n) is 6.03. The Balaban J connectivity index is 1.99. The Morgan fingerprint density at radius 3 is 2.53 bits per heavy atom. The van der Waals surface area contributed by atoms with Crippen molar-refractivity contribution >= 4 is 5.91 Å². The van der Waals surface area contributed by atoms with Crippen LogP contribution >= 0.6 is 0 Å². The van der Waals surface area contributed by atoms with Gasteiger partial charge in [0.15, 0.2) is 0 Å². The predicted octanol–water partition coefficient (Wildman–Crippen LogP) is 2.11. The topological polar surface area (TPSA) is 44.1 Å². The van der Waals surface area contributed by atoms with E-state index in [1.165, 1.54) is 0 Å². The van der Waals surface area contributed by atoms with Crippen molar-refractivity contribution < 1.29 is 4.79 Å². The second-order valence-electron chi connectivity index (χ2n) is 4.40. The third-order valence-electron chi connectivity index (χ3n) is 3.09. The van der Waals surface area contributed by atoms with E-state index in [2.05, 4.69) is 6.07 Å². The number of nitriles is 1. The Bertz CT molecular complexity index is 440. The third kappa shape index (κ3) is 2.85. The Kier molecular flexibility index (Phi) is 3.43. The summed E-state index contributed by atoms with van der Waals surface area (Å²) in [5.41, 5.74) is 1.61. The number of hydrogen-bond acceptors (Lipinski definition) is 2. The summed E-state index contributed by atoms with van der Waals surface area (Å²) < 4.78 is 0. The van der Waals surface area contributed by atoms with E-state index in [9.17, 15) is 4.79 Å². The average Bonchev–Trinajstić information content (AvgIpc) is 3.15. The van der Waals surface area contributed by atoms with Crippen LogP contribution < -0.4 is 0 Å². The molecule has 1 aromatic carbocycles. The molecule has 1 amide bonds. The van der Waals surface area contributed by atoms with Crippen molar-refractivity contribution in [1.29, 1.82) is 5.26 Å². The van der Waals surface area contributed by atoms with Gasteiger partial charge in [0.2, 0.25) is 5.91 Å². The first-order valence-corrected chi connectivity index (χ1v) is 6.03. The molecular formula is C14H16N2O. The number of rotatable bonds is 4. The van der Waals surface area contributed by atoms with Gasteiger partial charge in [-0.15, -0.1) is 0 Å². The van der Waals surface area contributed by atoms with Crippen molar-refractivity contribution in [3.05, 3.63) is 35.4 Å². The molecule has 88 valence electrons. The minimum absolute atomic E-state index is 0.194. The molecule has 0 heterocycles. The maximum absolute atomic E-state index is 12.0. The van der Waals surface area contributed by atoms with Crippen molar-refractivity contribution in [3.8, 4) is 6.07 Å². The fourth-order valence-corrected chi connectivity index (χ4v) is 2.00. The molecule has 1 aliphatic carbocycles. The highest BCUT2D eigenvalue weighted by atomic mass is 16.2. The van der Waals surface area contributed by atoms with Crippen LogP contribution in [0.15, 0.2) is 24.3 Å². The molecule has 0 N–H and O–H groups in total. The van der Waals surface area contributed by atoms with Gasteiger partial charge in [-0.1, -0.05) is 12.1 Å². The fraction of sp³-hybridized carbons (Fsp3) is 0.429. The molecule has 0 bridgehead atoms. The first kappa shape index (κ1) is 11.7. The number of hydrogen-bond donors (Lipinski definition) is 0. The Morgan fingerprint density at radius 1 is 1.41 bits per heavy atom. The molecule has 0 aromatic heterocycles. The van der Waals surface area contributed by atoms with Crippen molar-refractivity contribution in [2.75, 3.05) is 6.54 Å². The van der Waals surface area contributed by atoms with Crippen LogP contribution in [-0.2, 0) is 11.2 Å². The molecule has 0 saturated heterocycles. The first-order chi connectivity index (χ1) is 8.24. The van der Waals surface area contributed by atoms with Gasteiger partial charge in [-0.05, 0) is 37.5 Å². The zero-order valence-electron chi connectivity index (χ0n) is 10.0. The number of carbonyl (C=O) groups excluding carboxylic acids is 1. The molecule has 0 unspecified atom stereocenters. The lowest BCUT2D eigenvalue weighted by atomic mass is 10.1.